The Balaban J connectivity index is 1.22. The first-order valence-corrected chi connectivity index (χ1v) is 16.7. The van der Waals surface area contributed by atoms with E-state index in [9.17, 15) is 0 Å². The van der Waals surface area contributed by atoms with Gasteiger partial charge < -0.3 is 9.80 Å². The molecule has 0 amide bonds. The summed E-state index contributed by atoms with van der Waals surface area (Å²) in [6.45, 7) is 0. The van der Waals surface area contributed by atoms with Gasteiger partial charge in [0.1, 0.15) is 0 Å². The standard InChI is InChI=1S/C45H31N3/c1-2-16-31(17-3-1)48-41-27-12-8-23-37(41)43-36-22-7-11-26-40(36)47(42-28-13-9-24-38(42)45(43)48)32-18-14-15-30(29-32)44-35-21-5-4-19-33(35)34-20-6-10-25-39(34)46-44/h1-29,37,41H. The van der Waals surface area contributed by atoms with Crippen LogP contribution in [0.1, 0.15) is 11.1 Å². The second-order valence-electron chi connectivity index (χ2n) is 12.7. The number of para-hydroxylation sites is 4. The van der Waals surface area contributed by atoms with Gasteiger partial charge in [-0.3, -0.25) is 0 Å². The van der Waals surface area contributed by atoms with Gasteiger partial charge in [0.2, 0.25) is 0 Å². The molecule has 0 radical (unpaired) electrons. The van der Waals surface area contributed by atoms with Gasteiger partial charge in [0.25, 0.3) is 0 Å². The van der Waals surface area contributed by atoms with Gasteiger partial charge in [0.15, 0.2) is 0 Å². The molecule has 10 rings (SSSR count). The summed E-state index contributed by atoms with van der Waals surface area (Å²) in [4.78, 5) is 10.3. The summed E-state index contributed by atoms with van der Waals surface area (Å²) in [7, 11) is 0. The molecule has 3 heterocycles. The molecule has 226 valence electrons. The third-order valence-corrected chi connectivity index (χ3v) is 10.1. The van der Waals surface area contributed by atoms with E-state index in [1.807, 2.05) is 0 Å². The molecule has 1 aliphatic carbocycles. The number of nitrogens with zero attached hydrogens (tertiary/aromatic N) is 3. The fourth-order valence-electron chi connectivity index (χ4n) is 8.11. The van der Waals surface area contributed by atoms with Crippen LogP contribution in [0.3, 0.4) is 0 Å². The third-order valence-electron chi connectivity index (χ3n) is 10.1. The van der Waals surface area contributed by atoms with Gasteiger partial charge in [-0.25, -0.2) is 4.98 Å². The fourth-order valence-corrected chi connectivity index (χ4v) is 8.11. The molecule has 0 saturated carbocycles. The number of rotatable bonds is 3. The van der Waals surface area contributed by atoms with Gasteiger partial charge in [-0.15, -0.1) is 0 Å². The van der Waals surface area contributed by atoms with Crippen molar-refractivity contribution < 1.29 is 0 Å². The van der Waals surface area contributed by atoms with Crippen molar-refractivity contribution in [3.8, 4) is 11.3 Å². The molecule has 3 nitrogen and oxygen atoms in total. The van der Waals surface area contributed by atoms with Gasteiger partial charge in [-0.2, -0.15) is 0 Å². The molecule has 7 aromatic rings. The van der Waals surface area contributed by atoms with Gasteiger partial charge >= 0.3 is 0 Å². The summed E-state index contributed by atoms with van der Waals surface area (Å²) in [5, 5.41) is 3.56. The van der Waals surface area contributed by atoms with E-state index < -0.39 is 0 Å². The highest BCUT2D eigenvalue weighted by molar-refractivity contribution is 6.12. The first-order chi connectivity index (χ1) is 23.8. The van der Waals surface area contributed by atoms with E-state index in [4.69, 9.17) is 4.98 Å². The highest BCUT2D eigenvalue weighted by Crippen LogP contribution is 2.56. The summed E-state index contributed by atoms with van der Waals surface area (Å²) in [5.41, 5.74) is 12.9. The molecular formula is C45H31N3. The summed E-state index contributed by atoms with van der Waals surface area (Å²) >= 11 is 0. The van der Waals surface area contributed by atoms with E-state index in [2.05, 4.69) is 186 Å². The number of fused-ring (bicyclic) bond motifs is 9. The van der Waals surface area contributed by atoms with Crippen molar-refractivity contribution in [3.05, 3.63) is 187 Å². The number of pyridine rings is 1. The van der Waals surface area contributed by atoms with Gasteiger partial charge in [0.05, 0.1) is 34.3 Å². The molecule has 1 aromatic heterocycles. The topological polar surface area (TPSA) is 19.4 Å². The molecule has 0 bridgehead atoms. The van der Waals surface area contributed by atoms with E-state index in [-0.39, 0.29) is 12.0 Å². The smallest absolute Gasteiger partial charge is 0.0788 e. The molecule has 2 unspecified atom stereocenters. The highest BCUT2D eigenvalue weighted by atomic mass is 15.2. The number of allylic oxidation sites excluding steroid dienone is 2. The summed E-state index contributed by atoms with van der Waals surface area (Å²) in [6.07, 6.45) is 9.15. The quantitative estimate of drug-likeness (QED) is 0.185. The number of aromatic nitrogens is 1. The summed E-state index contributed by atoms with van der Waals surface area (Å²) in [6, 6.07) is 54.9. The van der Waals surface area contributed by atoms with Crippen LogP contribution in [0.15, 0.2) is 176 Å². The molecule has 2 aliphatic heterocycles. The van der Waals surface area contributed by atoms with Gasteiger partial charge in [-0.05, 0) is 53.4 Å². The Hall–Kier alpha value is -6.19. The Morgan fingerprint density at radius 2 is 1.15 bits per heavy atom. The van der Waals surface area contributed by atoms with Crippen LogP contribution in [-0.2, 0) is 0 Å². The number of hydrogen-bond donors (Lipinski definition) is 0. The van der Waals surface area contributed by atoms with E-state index in [0.29, 0.717) is 0 Å². The van der Waals surface area contributed by atoms with E-state index in [1.165, 1.54) is 44.5 Å². The SMILES string of the molecule is C1=CC2C3=C(c4ccccc4N(c4cccc(-c5nc6ccccc6c6ccccc56)c4)c4ccccc43)N(c3ccccc3)C2C=C1. The monoisotopic (exact) mass is 613 g/mol. The van der Waals surface area contributed by atoms with Crippen molar-refractivity contribution in [2.24, 2.45) is 5.92 Å². The normalized spacial score (nSPS) is 17.7. The lowest BCUT2D eigenvalue weighted by molar-refractivity contribution is 0.715. The molecule has 0 fully saturated rings. The molecule has 0 spiro atoms. The maximum atomic E-state index is 5.25. The van der Waals surface area contributed by atoms with Gasteiger partial charge in [0, 0.05) is 44.8 Å². The largest absolute Gasteiger partial charge is 0.333 e. The highest BCUT2D eigenvalue weighted by Gasteiger charge is 2.44. The third kappa shape index (κ3) is 3.98. The maximum Gasteiger partial charge on any atom is 0.0788 e. The van der Waals surface area contributed by atoms with Crippen LogP contribution in [0.5, 0.6) is 0 Å². The van der Waals surface area contributed by atoms with Crippen molar-refractivity contribution in [2.75, 3.05) is 9.80 Å². The Labute approximate surface area is 280 Å². The lowest BCUT2D eigenvalue weighted by Gasteiger charge is -2.34. The zero-order chi connectivity index (χ0) is 31.6. The van der Waals surface area contributed by atoms with Crippen LogP contribution < -0.4 is 9.80 Å². The lowest BCUT2D eigenvalue weighted by Crippen LogP contribution is -2.33. The minimum Gasteiger partial charge on any atom is -0.333 e. The lowest BCUT2D eigenvalue weighted by atomic mass is 9.85. The first-order valence-electron chi connectivity index (χ1n) is 16.7. The molecule has 3 heteroatoms. The Morgan fingerprint density at radius 1 is 0.500 bits per heavy atom. The van der Waals surface area contributed by atoms with E-state index in [0.717, 1.165) is 33.5 Å². The van der Waals surface area contributed by atoms with Gasteiger partial charge in [-0.1, -0.05) is 133 Å². The average Bonchev–Trinajstić information content (AvgIpc) is 3.44. The second kappa shape index (κ2) is 10.7. The molecule has 2 atom stereocenters. The molecule has 6 aromatic carbocycles. The predicted molar refractivity (Wildman–Crippen MR) is 201 cm³/mol. The average molecular weight is 614 g/mol. The number of anilines is 4. The zero-order valence-corrected chi connectivity index (χ0v) is 26.2. The van der Waals surface area contributed by atoms with Crippen LogP contribution in [-0.4, -0.2) is 11.0 Å². The Bertz CT molecular complexity index is 2490. The molecular weight excluding hydrogens is 583 g/mol. The van der Waals surface area contributed by atoms with Crippen molar-refractivity contribution in [1.82, 2.24) is 4.98 Å². The fraction of sp³-hybridized carbons (Fsp3) is 0.0444. The summed E-state index contributed by atoms with van der Waals surface area (Å²) in [5.74, 6) is 0.221. The second-order valence-corrected chi connectivity index (χ2v) is 12.7. The van der Waals surface area contributed by atoms with Crippen molar-refractivity contribution >= 4 is 55.7 Å². The summed E-state index contributed by atoms with van der Waals surface area (Å²) < 4.78 is 0. The van der Waals surface area contributed by atoms with Crippen molar-refractivity contribution in [2.45, 2.75) is 6.04 Å². The van der Waals surface area contributed by atoms with Crippen molar-refractivity contribution in [1.29, 1.82) is 0 Å². The molecule has 48 heavy (non-hydrogen) atoms. The van der Waals surface area contributed by atoms with Crippen LogP contribution >= 0.6 is 0 Å². The molecule has 0 saturated heterocycles. The van der Waals surface area contributed by atoms with Crippen molar-refractivity contribution in [3.63, 3.8) is 0 Å². The van der Waals surface area contributed by atoms with Crippen LogP contribution in [0, 0.1) is 5.92 Å². The zero-order valence-electron chi connectivity index (χ0n) is 26.2. The minimum absolute atomic E-state index is 0.200. The molecule has 3 aliphatic rings. The van der Waals surface area contributed by atoms with Crippen LogP contribution in [0.4, 0.5) is 22.7 Å². The minimum atomic E-state index is 0.200. The molecule has 0 N–H and O–H groups in total. The first kappa shape index (κ1) is 27.0. The maximum absolute atomic E-state index is 5.25. The van der Waals surface area contributed by atoms with Crippen LogP contribution in [0.2, 0.25) is 0 Å². The van der Waals surface area contributed by atoms with Crippen LogP contribution in [0.25, 0.3) is 44.2 Å². The number of hydrogen-bond acceptors (Lipinski definition) is 3. The Morgan fingerprint density at radius 3 is 2.00 bits per heavy atom. The Kier molecular flexibility index (Phi) is 6.00. The number of benzene rings is 6. The predicted octanol–water partition coefficient (Wildman–Crippen LogP) is 11.3. The van der Waals surface area contributed by atoms with E-state index >= 15 is 0 Å². The van der Waals surface area contributed by atoms with E-state index in [1.54, 1.807) is 0 Å².